The number of benzene rings is 2. The number of hydrogen-bond donors (Lipinski definition) is 1. The van der Waals surface area contributed by atoms with Gasteiger partial charge in [0.05, 0.1) is 19.3 Å². The minimum atomic E-state index is -0.433. The maximum Gasteiger partial charge on any atom is 0.317 e. The van der Waals surface area contributed by atoms with Gasteiger partial charge in [-0.2, -0.15) is 4.73 Å². The van der Waals surface area contributed by atoms with Crippen LogP contribution in [-0.4, -0.2) is 12.5 Å². The number of nitrogens with zero attached hydrogens (tertiary/aromatic N) is 1. The van der Waals surface area contributed by atoms with E-state index in [2.05, 4.69) is 5.32 Å². The van der Waals surface area contributed by atoms with Crippen molar-refractivity contribution in [1.82, 2.24) is 5.32 Å². The molecule has 1 aromatic heterocycles. The predicted molar refractivity (Wildman–Crippen MR) is 98.1 cm³/mol. The molecule has 1 heterocycles. The zero-order chi connectivity index (χ0) is 18.2. The maximum absolute atomic E-state index is 12.5. The average Bonchev–Trinajstić information content (AvgIpc) is 2.69. The number of rotatable bonds is 7. The molecule has 0 spiro atoms. The first-order valence-electron chi connectivity index (χ1n) is 8.40. The quantitative estimate of drug-likeness (QED) is 0.527. The Morgan fingerprint density at radius 2 is 1.62 bits per heavy atom. The van der Waals surface area contributed by atoms with Crippen LogP contribution in [0.3, 0.4) is 0 Å². The number of nitrogens with one attached hydrogen (secondary N) is 1. The second-order valence-corrected chi connectivity index (χ2v) is 5.85. The van der Waals surface area contributed by atoms with Crippen molar-refractivity contribution in [3.63, 3.8) is 0 Å². The second kappa shape index (κ2) is 8.78. The van der Waals surface area contributed by atoms with Crippen molar-refractivity contribution in [3.05, 3.63) is 107 Å². The van der Waals surface area contributed by atoms with Crippen LogP contribution in [0.1, 0.15) is 27.7 Å². The lowest BCUT2D eigenvalue weighted by molar-refractivity contribution is -0.607. The van der Waals surface area contributed by atoms with Crippen molar-refractivity contribution in [2.75, 3.05) is 6.61 Å². The average molecular weight is 348 g/mol. The van der Waals surface area contributed by atoms with Crippen LogP contribution < -0.4 is 10.0 Å². The van der Waals surface area contributed by atoms with Gasteiger partial charge < -0.3 is 15.3 Å². The molecule has 0 saturated heterocycles. The maximum atomic E-state index is 12.5. The molecule has 1 N–H and O–H groups in total. The molecule has 5 heteroatoms. The fourth-order valence-corrected chi connectivity index (χ4v) is 2.61. The van der Waals surface area contributed by atoms with E-state index >= 15 is 0 Å². The van der Waals surface area contributed by atoms with Gasteiger partial charge in [-0.25, -0.2) is 0 Å². The molecular weight excluding hydrogens is 328 g/mol. The van der Waals surface area contributed by atoms with Crippen molar-refractivity contribution in [2.45, 2.75) is 12.6 Å². The van der Waals surface area contributed by atoms with E-state index in [0.717, 1.165) is 11.1 Å². The Morgan fingerprint density at radius 1 is 0.962 bits per heavy atom. The summed E-state index contributed by atoms with van der Waals surface area (Å²) in [5.74, 6) is -0.433. The molecule has 0 fully saturated rings. The molecule has 0 unspecified atom stereocenters. The van der Waals surface area contributed by atoms with Crippen LogP contribution in [0.2, 0.25) is 0 Å². The fraction of sp³-hybridized carbons (Fsp3) is 0.143. The van der Waals surface area contributed by atoms with E-state index in [0.29, 0.717) is 17.9 Å². The number of amides is 1. The topological polar surface area (TPSA) is 65.3 Å². The van der Waals surface area contributed by atoms with E-state index < -0.39 is 5.91 Å². The van der Waals surface area contributed by atoms with Crippen LogP contribution >= 0.6 is 0 Å². The highest BCUT2D eigenvalue weighted by molar-refractivity contribution is 5.91. The Bertz CT molecular complexity index is 838. The van der Waals surface area contributed by atoms with Gasteiger partial charge >= 0.3 is 5.91 Å². The first kappa shape index (κ1) is 17.6. The van der Waals surface area contributed by atoms with Crippen molar-refractivity contribution in [1.29, 1.82) is 0 Å². The molecule has 2 aromatic carbocycles. The molecule has 0 aliphatic carbocycles. The van der Waals surface area contributed by atoms with Gasteiger partial charge in [0.15, 0.2) is 6.20 Å². The molecule has 26 heavy (non-hydrogen) atoms. The zero-order valence-corrected chi connectivity index (χ0v) is 14.2. The largest absolute Gasteiger partial charge is 0.618 e. The highest BCUT2D eigenvalue weighted by Gasteiger charge is 2.21. The lowest BCUT2D eigenvalue weighted by atomic mass is 10.1. The summed E-state index contributed by atoms with van der Waals surface area (Å²) in [6.07, 6.45) is 1.30. The smallest absolute Gasteiger partial charge is 0.317 e. The first-order chi connectivity index (χ1) is 12.7. The van der Waals surface area contributed by atoms with Crippen molar-refractivity contribution in [2.24, 2.45) is 0 Å². The van der Waals surface area contributed by atoms with Gasteiger partial charge in [0, 0.05) is 12.1 Å². The van der Waals surface area contributed by atoms with Crippen LogP contribution in [0.15, 0.2) is 85.1 Å². The van der Waals surface area contributed by atoms with Crippen LogP contribution in [0.5, 0.6) is 0 Å². The molecule has 132 valence electrons. The summed E-state index contributed by atoms with van der Waals surface area (Å²) < 4.78 is 6.36. The summed E-state index contributed by atoms with van der Waals surface area (Å²) in [6, 6.07) is 23.8. The van der Waals surface area contributed by atoms with Crippen LogP contribution in [0.25, 0.3) is 0 Å². The summed E-state index contributed by atoms with van der Waals surface area (Å²) in [5.41, 5.74) is 2.03. The van der Waals surface area contributed by atoms with Gasteiger partial charge in [-0.3, -0.25) is 4.79 Å². The van der Waals surface area contributed by atoms with Crippen LogP contribution in [0, 0.1) is 5.21 Å². The third kappa shape index (κ3) is 4.68. The van der Waals surface area contributed by atoms with E-state index in [1.807, 2.05) is 60.7 Å². The third-order valence-electron chi connectivity index (χ3n) is 3.96. The van der Waals surface area contributed by atoms with Gasteiger partial charge in [0.2, 0.25) is 0 Å². The van der Waals surface area contributed by atoms with E-state index in [1.54, 1.807) is 12.1 Å². The summed E-state index contributed by atoms with van der Waals surface area (Å²) in [5, 5.41) is 14.7. The summed E-state index contributed by atoms with van der Waals surface area (Å²) in [4.78, 5) is 12.5. The Morgan fingerprint density at radius 3 is 2.31 bits per heavy atom. The minimum absolute atomic E-state index is 0.0523. The molecule has 3 rings (SSSR count). The molecular formula is C21H20N2O3. The summed E-state index contributed by atoms with van der Waals surface area (Å²) in [6.45, 7) is 0.753. The number of carbonyl (C=O) groups excluding carboxylic acids is 1. The molecule has 1 amide bonds. The fourth-order valence-electron chi connectivity index (χ4n) is 2.61. The van der Waals surface area contributed by atoms with E-state index in [-0.39, 0.29) is 11.7 Å². The predicted octanol–water partition coefficient (Wildman–Crippen LogP) is 3.01. The Balaban J connectivity index is 1.69. The van der Waals surface area contributed by atoms with E-state index in [4.69, 9.17) is 4.74 Å². The number of pyridine rings is 1. The van der Waals surface area contributed by atoms with Crippen molar-refractivity contribution >= 4 is 5.91 Å². The van der Waals surface area contributed by atoms with Gasteiger partial charge in [-0.15, -0.1) is 0 Å². The zero-order valence-electron chi connectivity index (χ0n) is 14.2. The Kier molecular flexibility index (Phi) is 5.96. The number of aromatic nitrogens is 1. The lowest BCUT2D eigenvalue weighted by Crippen LogP contribution is -2.41. The van der Waals surface area contributed by atoms with Gasteiger partial charge in [-0.05, 0) is 17.2 Å². The van der Waals surface area contributed by atoms with Crippen molar-refractivity contribution in [3.8, 4) is 0 Å². The molecule has 1 atom stereocenters. The molecule has 0 bridgehead atoms. The molecule has 0 radical (unpaired) electrons. The second-order valence-electron chi connectivity index (χ2n) is 5.85. The summed E-state index contributed by atoms with van der Waals surface area (Å²) in [7, 11) is 0. The monoisotopic (exact) mass is 348 g/mol. The molecule has 0 aliphatic rings. The minimum Gasteiger partial charge on any atom is -0.618 e. The number of ether oxygens (including phenoxy) is 1. The first-order valence-corrected chi connectivity index (χ1v) is 8.40. The standard InChI is InChI=1S/C21H20N2O3/c24-21(20-13-7-8-14-23(20)25)22-19(18-11-5-2-6-12-18)16-26-15-17-9-3-1-4-10-17/h1-14,19H,15-16H2,(H,22,24)/t19-/m0/s1. The lowest BCUT2D eigenvalue weighted by Gasteiger charge is -2.19. The highest BCUT2D eigenvalue weighted by atomic mass is 16.5. The number of carbonyl (C=O) groups is 1. The molecule has 5 nitrogen and oxygen atoms in total. The normalized spacial score (nSPS) is 11.7. The van der Waals surface area contributed by atoms with Crippen LogP contribution in [0.4, 0.5) is 0 Å². The highest BCUT2D eigenvalue weighted by Crippen LogP contribution is 2.15. The molecule has 0 saturated carbocycles. The SMILES string of the molecule is O=C(N[C@@H](COCc1ccccc1)c1ccccc1)c1cccc[n+]1[O-]. The van der Waals surface area contributed by atoms with E-state index in [1.165, 1.54) is 12.3 Å². The number of hydrogen-bond acceptors (Lipinski definition) is 3. The Hall–Kier alpha value is -3.18. The third-order valence-corrected chi connectivity index (χ3v) is 3.96. The van der Waals surface area contributed by atoms with Crippen LogP contribution in [-0.2, 0) is 11.3 Å². The van der Waals surface area contributed by atoms with Gasteiger partial charge in [0.1, 0.15) is 0 Å². The van der Waals surface area contributed by atoms with Gasteiger partial charge in [-0.1, -0.05) is 60.7 Å². The molecule has 0 aliphatic heterocycles. The van der Waals surface area contributed by atoms with E-state index in [9.17, 15) is 10.0 Å². The summed E-state index contributed by atoms with van der Waals surface area (Å²) >= 11 is 0. The van der Waals surface area contributed by atoms with Gasteiger partial charge in [0.25, 0.3) is 5.69 Å². The molecule has 3 aromatic rings. The van der Waals surface area contributed by atoms with Crippen molar-refractivity contribution < 1.29 is 14.3 Å². The Labute approximate surface area is 152 Å².